The maximum Gasteiger partial charge on any atom is 0.0620 e. The highest BCUT2D eigenvalue weighted by Gasteiger charge is 2.26. The molecule has 0 spiro atoms. The molecule has 2 heterocycles. The van der Waals surface area contributed by atoms with Gasteiger partial charge in [-0.15, -0.1) is 0 Å². The van der Waals surface area contributed by atoms with Crippen molar-refractivity contribution in [3.8, 4) is 67.4 Å². The van der Waals surface area contributed by atoms with Crippen LogP contribution in [0.2, 0.25) is 0 Å². The normalized spacial score (nSPS) is 12.6. The van der Waals surface area contributed by atoms with Crippen LogP contribution >= 0.6 is 0 Å². The second kappa shape index (κ2) is 16.6. The van der Waals surface area contributed by atoms with Crippen molar-refractivity contribution in [2.75, 3.05) is 0 Å². The average Bonchev–Trinajstić information content (AvgIpc) is 4.06. The minimum absolute atomic E-state index is 1.01. The van der Waals surface area contributed by atoms with E-state index in [-0.39, 0.29) is 0 Å². The molecule has 10 aromatic carbocycles. The van der Waals surface area contributed by atoms with E-state index in [1.165, 1.54) is 87.9 Å². The standard InChI is InChI=1S/C66H46N2/c1-5-19-47(20-6-1)61-37-38-62(48-21-7-2-8-22-48)67(61)65-57-35-33-56(54-32-30-46-18-14-16-28-52(46)42-54)44-60(57)66(58-36-34-55(43-59(58)65)53-31-29-45-17-13-15-27-51(45)41-53)68-63(49-23-9-3-10-24-49)39-40-64(68)50-25-11-4-12-26-50/h1-3,5-11,13-44H,4,12H2. The summed E-state index contributed by atoms with van der Waals surface area (Å²) >= 11 is 0. The second-order valence-electron chi connectivity index (χ2n) is 18.0. The number of hydrogen-bond acceptors (Lipinski definition) is 0. The van der Waals surface area contributed by atoms with Gasteiger partial charge in [0.1, 0.15) is 0 Å². The van der Waals surface area contributed by atoms with E-state index in [0.717, 1.165) is 46.7 Å². The first-order valence-electron chi connectivity index (χ1n) is 23.7. The zero-order chi connectivity index (χ0) is 45.0. The van der Waals surface area contributed by atoms with Gasteiger partial charge in [-0.3, -0.25) is 0 Å². The van der Waals surface area contributed by atoms with Gasteiger partial charge in [0.2, 0.25) is 0 Å². The van der Waals surface area contributed by atoms with Crippen molar-refractivity contribution in [1.29, 1.82) is 0 Å². The Morgan fingerprint density at radius 1 is 0.265 bits per heavy atom. The first-order chi connectivity index (χ1) is 33.7. The lowest BCUT2D eigenvalue weighted by Crippen LogP contribution is -2.08. The van der Waals surface area contributed by atoms with Gasteiger partial charge >= 0.3 is 0 Å². The number of fused-ring (bicyclic) bond motifs is 4. The zero-order valence-electron chi connectivity index (χ0n) is 37.6. The van der Waals surface area contributed by atoms with Gasteiger partial charge in [-0.2, -0.15) is 0 Å². The molecule has 0 saturated heterocycles. The lowest BCUT2D eigenvalue weighted by atomic mass is 9.91. The lowest BCUT2D eigenvalue weighted by molar-refractivity contribution is 1.02. The molecule has 2 heteroatoms. The van der Waals surface area contributed by atoms with Crippen LogP contribution in [0, 0.1) is 0 Å². The van der Waals surface area contributed by atoms with Gasteiger partial charge < -0.3 is 9.13 Å². The van der Waals surface area contributed by atoms with Crippen LogP contribution in [0.15, 0.2) is 255 Å². The van der Waals surface area contributed by atoms with Crippen molar-refractivity contribution in [1.82, 2.24) is 9.13 Å². The van der Waals surface area contributed by atoms with Gasteiger partial charge in [-0.25, -0.2) is 0 Å². The van der Waals surface area contributed by atoms with Gasteiger partial charge in [0.05, 0.1) is 34.2 Å². The molecule has 0 radical (unpaired) electrons. The summed E-state index contributed by atoms with van der Waals surface area (Å²) in [6.07, 6.45) is 9.12. The van der Waals surface area contributed by atoms with Crippen LogP contribution in [0.4, 0.5) is 0 Å². The third-order valence-electron chi connectivity index (χ3n) is 13.9. The Kier molecular flexibility index (Phi) is 9.68. The van der Waals surface area contributed by atoms with E-state index in [4.69, 9.17) is 0 Å². The first kappa shape index (κ1) is 39.6. The first-order valence-corrected chi connectivity index (χ1v) is 23.7. The number of benzene rings is 10. The average molecular weight is 867 g/mol. The van der Waals surface area contributed by atoms with Gasteiger partial charge in [-0.1, -0.05) is 206 Å². The van der Waals surface area contributed by atoms with Crippen LogP contribution in [0.1, 0.15) is 18.5 Å². The lowest BCUT2D eigenvalue weighted by Gasteiger charge is -2.25. The van der Waals surface area contributed by atoms with E-state index in [1.54, 1.807) is 0 Å². The fourth-order valence-electron chi connectivity index (χ4n) is 10.6. The highest BCUT2D eigenvalue weighted by Crippen LogP contribution is 2.47. The second-order valence-corrected chi connectivity index (χ2v) is 18.0. The predicted molar refractivity (Wildman–Crippen MR) is 289 cm³/mol. The molecule has 0 amide bonds. The molecule has 2 aromatic heterocycles. The summed E-state index contributed by atoms with van der Waals surface area (Å²) in [7, 11) is 0. The molecule has 1 aliphatic rings. The molecule has 0 saturated carbocycles. The monoisotopic (exact) mass is 866 g/mol. The highest BCUT2D eigenvalue weighted by molar-refractivity contribution is 6.17. The van der Waals surface area contributed by atoms with Crippen LogP contribution in [-0.4, -0.2) is 9.13 Å². The van der Waals surface area contributed by atoms with Crippen LogP contribution < -0.4 is 0 Å². The largest absolute Gasteiger partial charge is 0.308 e. The molecule has 0 aliphatic heterocycles. The van der Waals surface area contributed by atoms with Crippen molar-refractivity contribution < 1.29 is 0 Å². The Morgan fingerprint density at radius 2 is 0.647 bits per heavy atom. The summed E-state index contributed by atoms with van der Waals surface area (Å²) in [6, 6.07) is 87.4. The minimum Gasteiger partial charge on any atom is -0.308 e. The smallest absolute Gasteiger partial charge is 0.0620 e. The SMILES string of the molecule is C1=CC(c2ccc(-c3ccccc3)n2-c2c3cc(-c4ccc5ccccc5c4)ccc3c(-n3c(-c4ccccc4)ccc3-c3ccccc3)c3cc(-c4ccc5ccccc5c4)ccc23)=CCC1. The zero-order valence-corrected chi connectivity index (χ0v) is 37.6. The van der Waals surface area contributed by atoms with E-state index < -0.39 is 0 Å². The van der Waals surface area contributed by atoms with E-state index >= 15 is 0 Å². The van der Waals surface area contributed by atoms with Gasteiger partial charge in [0, 0.05) is 21.5 Å². The molecular weight excluding hydrogens is 821 g/mol. The Morgan fingerprint density at radius 3 is 1.09 bits per heavy atom. The molecule has 0 unspecified atom stereocenters. The van der Waals surface area contributed by atoms with Crippen LogP contribution in [0.25, 0.3) is 116 Å². The summed E-state index contributed by atoms with van der Waals surface area (Å²) in [4.78, 5) is 0. The molecule has 0 N–H and O–H groups in total. The molecule has 2 nitrogen and oxygen atoms in total. The van der Waals surface area contributed by atoms with Crippen LogP contribution in [0.3, 0.4) is 0 Å². The van der Waals surface area contributed by atoms with Crippen LogP contribution in [0.5, 0.6) is 0 Å². The van der Waals surface area contributed by atoms with E-state index in [2.05, 4.69) is 264 Å². The Bertz CT molecular complexity index is 3880. The van der Waals surface area contributed by atoms with Gasteiger partial charge in [0.25, 0.3) is 0 Å². The Labute approximate surface area is 396 Å². The Hall–Kier alpha value is -8.72. The van der Waals surface area contributed by atoms with Crippen molar-refractivity contribution in [3.05, 3.63) is 261 Å². The van der Waals surface area contributed by atoms with E-state index in [9.17, 15) is 0 Å². The maximum absolute atomic E-state index is 2.57. The summed E-state index contributed by atoms with van der Waals surface area (Å²) in [5.41, 5.74) is 16.4. The molecular formula is C66H46N2. The third kappa shape index (κ3) is 6.81. The molecule has 12 aromatic rings. The Balaban J connectivity index is 1.21. The molecule has 320 valence electrons. The number of rotatable bonds is 8. The molecule has 0 bridgehead atoms. The minimum atomic E-state index is 1.01. The third-order valence-corrected chi connectivity index (χ3v) is 13.9. The summed E-state index contributed by atoms with van der Waals surface area (Å²) in [5, 5.41) is 9.63. The number of allylic oxidation sites excluding steroid dienone is 4. The quantitative estimate of drug-likeness (QED) is 0.135. The van der Waals surface area contributed by atoms with Crippen molar-refractivity contribution in [2.45, 2.75) is 12.8 Å². The summed E-state index contributed by atoms with van der Waals surface area (Å²) in [6.45, 7) is 0. The highest BCUT2D eigenvalue weighted by atomic mass is 15.0. The maximum atomic E-state index is 2.57. The fraction of sp³-hybridized carbons (Fsp3) is 0.0303. The topological polar surface area (TPSA) is 9.86 Å². The van der Waals surface area contributed by atoms with Crippen molar-refractivity contribution >= 4 is 48.7 Å². The van der Waals surface area contributed by atoms with E-state index in [1.807, 2.05) is 0 Å². The van der Waals surface area contributed by atoms with Gasteiger partial charge in [0.15, 0.2) is 0 Å². The van der Waals surface area contributed by atoms with Crippen LogP contribution in [-0.2, 0) is 0 Å². The summed E-state index contributed by atoms with van der Waals surface area (Å²) < 4.78 is 5.11. The van der Waals surface area contributed by atoms with Crippen molar-refractivity contribution in [2.24, 2.45) is 0 Å². The number of nitrogens with zero attached hydrogens (tertiary/aromatic N) is 2. The molecule has 1 aliphatic carbocycles. The van der Waals surface area contributed by atoms with Gasteiger partial charge in [-0.05, 0) is 127 Å². The van der Waals surface area contributed by atoms with Crippen molar-refractivity contribution in [3.63, 3.8) is 0 Å². The molecule has 68 heavy (non-hydrogen) atoms. The molecule has 13 rings (SSSR count). The number of hydrogen-bond donors (Lipinski definition) is 0. The molecule has 0 fully saturated rings. The van der Waals surface area contributed by atoms with E-state index in [0.29, 0.717) is 0 Å². The fourth-order valence-corrected chi connectivity index (χ4v) is 10.6. The summed E-state index contributed by atoms with van der Waals surface area (Å²) in [5.74, 6) is 0. The predicted octanol–water partition coefficient (Wildman–Crippen LogP) is 17.9. The number of aromatic nitrogens is 2. The molecule has 0 atom stereocenters.